The van der Waals surface area contributed by atoms with E-state index in [2.05, 4.69) is 0 Å². The zero-order chi connectivity index (χ0) is 22.0. The minimum Gasteiger partial charge on any atom is -0.810 e. The molecule has 2 aromatic carbocycles. The zero-order valence-corrected chi connectivity index (χ0v) is 23.8. The van der Waals surface area contributed by atoms with Gasteiger partial charge in [0.05, 0.1) is 34.0 Å². The molecular weight excluding hydrogens is 461 g/mol. The van der Waals surface area contributed by atoms with Crippen molar-refractivity contribution >= 4 is 25.4 Å². The molecule has 0 N–H and O–H groups in total. The summed E-state index contributed by atoms with van der Waals surface area (Å²) in [5, 5.41) is 0.374. The van der Waals surface area contributed by atoms with Gasteiger partial charge in [0.2, 0.25) is 11.5 Å². The summed E-state index contributed by atoms with van der Waals surface area (Å²) < 4.78 is 31.6. The van der Waals surface area contributed by atoms with E-state index in [4.69, 9.17) is 27.9 Å². The van der Waals surface area contributed by atoms with Crippen molar-refractivity contribution in [1.82, 2.24) is 0 Å². The SMILES string of the molecule is COc1cc(C(=O)c2c(C)oc3c(OP([O-])[O-])c(OC)ccc23)cc(OC)c1OC.[Na+].[Na+]. The number of rotatable bonds is 8. The molecule has 0 spiro atoms. The smallest absolute Gasteiger partial charge is 0.810 e. The molecule has 12 heteroatoms. The van der Waals surface area contributed by atoms with Crippen molar-refractivity contribution in [2.45, 2.75) is 6.92 Å². The predicted molar refractivity (Wildman–Crippen MR) is 105 cm³/mol. The van der Waals surface area contributed by atoms with Crippen molar-refractivity contribution in [1.29, 1.82) is 0 Å². The number of benzene rings is 2. The van der Waals surface area contributed by atoms with E-state index in [0.717, 1.165) is 0 Å². The van der Waals surface area contributed by atoms with Gasteiger partial charge in [-0.3, -0.25) is 4.79 Å². The van der Waals surface area contributed by atoms with E-state index >= 15 is 0 Å². The molecule has 160 valence electrons. The Kier molecular flexibility index (Phi) is 11.3. The number of carbonyl (C=O) groups is 1. The van der Waals surface area contributed by atoms with Crippen LogP contribution in [-0.2, 0) is 0 Å². The summed E-state index contributed by atoms with van der Waals surface area (Å²) in [5.41, 5.74) is 0.596. The number of carbonyl (C=O) groups excluding carboxylic acids is 1. The van der Waals surface area contributed by atoms with Crippen molar-refractivity contribution in [2.24, 2.45) is 0 Å². The number of aryl methyl sites for hydroxylation is 1. The molecule has 0 fully saturated rings. The molecule has 0 saturated heterocycles. The Bertz CT molecular complexity index is 1070. The van der Waals surface area contributed by atoms with Crippen LogP contribution in [0.5, 0.6) is 28.7 Å². The fourth-order valence-corrected chi connectivity index (χ4v) is 3.52. The Balaban J connectivity index is 0.00000256. The number of furan rings is 1. The molecule has 0 aliphatic carbocycles. The summed E-state index contributed by atoms with van der Waals surface area (Å²) in [6, 6.07) is 6.15. The Morgan fingerprint density at radius 1 is 0.875 bits per heavy atom. The van der Waals surface area contributed by atoms with Crippen LogP contribution in [0.15, 0.2) is 28.7 Å². The summed E-state index contributed by atoms with van der Waals surface area (Å²) >= 11 is 0. The average molecular weight is 480 g/mol. The van der Waals surface area contributed by atoms with Gasteiger partial charge in [-0.1, -0.05) is 8.60 Å². The van der Waals surface area contributed by atoms with Gasteiger partial charge in [0, 0.05) is 10.9 Å². The van der Waals surface area contributed by atoms with Gasteiger partial charge in [-0.05, 0) is 31.2 Å². The maximum atomic E-state index is 13.4. The minimum atomic E-state index is -3.22. The largest absolute Gasteiger partial charge is 1.00 e. The standard InChI is InChI=1S/C20H19O9P.2Na/c1-10-16(12-6-7-13(24-2)20(18(12)28-10)29-30(22)23)17(21)11-8-14(25-3)19(27-5)15(9-11)26-4;;/h6-9H,1-5H3;;/q-2;2*+1. The summed E-state index contributed by atoms with van der Waals surface area (Å²) in [7, 11) is 2.50. The maximum Gasteiger partial charge on any atom is 1.00 e. The third-order valence-electron chi connectivity index (χ3n) is 4.49. The van der Waals surface area contributed by atoms with Crippen LogP contribution in [-0.4, -0.2) is 34.2 Å². The number of ether oxygens (including phenoxy) is 4. The summed E-state index contributed by atoms with van der Waals surface area (Å²) in [6.45, 7) is 1.60. The number of fused-ring (bicyclic) bond motifs is 1. The molecule has 0 atom stereocenters. The monoisotopic (exact) mass is 480 g/mol. The zero-order valence-electron chi connectivity index (χ0n) is 18.9. The number of methoxy groups -OCH3 is 4. The fourth-order valence-electron chi connectivity index (χ4n) is 3.20. The van der Waals surface area contributed by atoms with E-state index in [9.17, 15) is 14.6 Å². The third kappa shape index (κ3) is 5.55. The first-order valence-electron chi connectivity index (χ1n) is 8.63. The van der Waals surface area contributed by atoms with E-state index in [0.29, 0.717) is 22.6 Å². The Morgan fingerprint density at radius 3 is 1.91 bits per heavy atom. The fraction of sp³-hybridized carbons (Fsp3) is 0.250. The minimum absolute atomic E-state index is 0. The van der Waals surface area contributed by atoms with E-state index in [1.54, 1.807) is 13.0 Å². The molecule has 9 nitrogen and oxygen atoms in total. The molecule has 0 aliphatic rings. The molecular formula is C20H19Na2O9P. The van der Waals surface area contributed by atoms with Crippen molar-refractivity contribution in [2.75, 3.05) is 28.4 Å². The molecule has 0 radical (unpaired) electrons. The van der Waals surface area contributed by atoms with Crippen molar-refractivity contribution < 1.29 is 102 Å². The Hall–Kier alpha value is -1.00. The number of hydrogen-bond donors (Lipinski definition) is 0. The molecule has 32 heavy (non-hydrogen) atoms. The van der Waals surface area contributed by atoms with Crippen LogP contribution in [0.4, 0.5) is 0 Å². The van der Waals surface area contributed by atoms with E-state index < -0.39 is 8.60 Å². The van der Waals surface area contributed by atoms with Crippen molar-refractivity contribution in [3.8, 4) is 28.7 Å². The Labute approximate surface area is 230 Å². The number of ketones is 1. The van der Waals surface area contributed by atoms with Gasteiger partial charge < -0.3 is 37.7 Å². The second kappa shape index (κ2) is 12.5. The van der Waals surface area contributed by atoms with Gasteiger partial charge in [0.1, 0.15) is 5.76 Å². The molecule has 1 heterocycles. The van der Waals surface area contributed by atoms with Crippen LogP contribution in [0.2, 0.25) is 0 Å². The van der Waals surface area contributed by atoms with Crippen LogP contribution in [0, 0.1) is 6.92 Å². The van der Waals surface area contributed by atoms with Crippen LogP contribution in [0.25, 0.3) is 11.0 Å². The van der Waals surface area contributed by atoms with Gasteiger partial charge >= 0.3 is 59.1 Å². The van der Waals surface area contributed by atoms with Gasteiger partial charge in [-0.15, -0.1) is 0 Å². The van der Waals surface area contributed by atoms with Crippen LogP contribution in [0.1, 0.15) is 21.7 Å². The van der Waals surface area contributed by atoms with Crippen LogP contribution >= 0.6 is 8.60 Å². The van der Waals surface area contributed by atoms with Gasteiger partial charge in [-0.2, -0.15) is 0 Å². The first kappa shape index (κ1) is 29.0. The molecule has 0 amide bonds. The average Bonchev–Trinajstić information content (AvgIpc) is 3.08. The molecule has 0 aliphatic heterocycles. The summed E-state index contributed by atoms with van der Waals surface area (Å²) in [5.74, 6) is 0.917. The molecule has 1 aromatic heterocycles. The number of hydrogen-bond acceptors (Lipinski definition) is 9. The predicted octanol–water partition coefficient (Wildman–Crippen LogP) is -3.66. The molecule has 0 bridgehead atoms. The van der Waals surface area contributed by atoms with Gasteiger partial charge in [0.15, 0.2) is 28.6 Å². The second-order valence-electron chi connectivity index (χ2n) is 6.06. The first-order chi connectivity index (χ1) is 14.4. The van der Waals surface area contributed by atoms with E-state index in [1.807, 2.05) is 0 Å². The third-order valence-corrected chi connectivity index (χ3v) is 4.82. The molecule has 0 saturated carbocycles. The summed E-state index contributed by atoms with van der Waals surface area (Å²) in [6.07, 6.45) is 0. The van der Waals surface area contributed by atoms with E-state index in [-0.39, 0.29) is 98.9 Å². The van der Waals surface area contributed by atoms with Gasteiger partial charge in [-0.25, -0.2) is 0 Å². The Morgan fingerprint density at radius 2 is 1.44 bits per heavy atom. The second-order valence-corrected chi connectivity index (χ2v) is 6.69. The van der Waals surface area contributed by atoms with Crippen molar-refractivity contribution in [3.05, 3.63) is 41.2 Å². The van der Waals surface area contributed by atoms with Crippen LogP contribution < -0.4 is 92.4 Å². The van der Waals surface area contributed by atoms with Crippen molar-refractivity contribution in [3.63, 3.8) is 0 Å². The topological polar surface area (TPSA) is 122 Å². The van der Waals surface area contributed by atoms with Gasteiger partial charge in [0.25, 0.3) is 0 Å². The quantitative estimate of drug-likeness (QED) is 0.182. The molecule has 0 unspecified atom stereocenters. The van der Waals surface area contributed by atoms with Crippen LogP contribution in [0.3, 0.4) is 0 Å². The molecule has 3 rings (SSSR count). The molecule has 3 aromatic rings. The normalized spacial score (nSPS) is 10.2. The van der Waals surface area contributed by atoms with E-state index in [1.165, 1.54) is 46.6 Å². The maximum absolute atomic E-state index is 13.4. The first-order valence-corrected chi connectivity index (χ1v) is 9.72. The summed E-state index contributed by atoms with van der Waals surface area (Å²) in [4.78, 5) is 35.6.